The summed E-state index contributed by atoms with van der Waals surface area (Å²) in [5.74, 6) is 0. The second-order valence-corrected chi connectivity index (χ2v) is 4.58. The number of fused-ring (bicyclic) bond motifs is 1. The standard InChI is InChI=1S/C9H11N3OS/c13-6-1-2-10-8(6)7-5-12-4-3-11-9(12)14-7/h3-6,8,10,13H,1-2H2. The number of aliphatic hydroxyl groups excluding tert-OH is 1. The van der Waals surface area contributed by atoms with Gasteiger partial charge in [-0.25, -0.2) is 4.98 Å². The van der Waals surface area contributed by atoms with Crippen LogP contribution in [-0.4, -0.2) is 27.1 Å². The first-order chi connectivity index (χ1) is 6.84. The molecule has 1 aliphatic rings. The average Bonchev–Trinajstić information content (AvgIpc) is 2.75. The van der Waals surface area contributed by atoms with Crippen molar-refractivity contribution in [2.45, 2.75) is 18.6 Å². The lowest BCUT2D eigenvalue weighted by Gasteiger charge is -2.11. The van der Waals surface area contributed by atoms with Crippen LogP contribution in [0.15, 0.2) is 18.6 Å². The van der Waals surface area contributed by atoms with Gasteiger partial charge in [0.2, 0.25) is 0 Å². The van der Waals surface area contributed by atoms with E-state index in [1.54, 1.807) is 17.5 Å². The highest BCUT2D eigenvalue weighted by atomic mass is 32.1. The molecule has 3 heterocycles. The van der Waals surface area contributed by atoms with Crippen LogP contribution >= 0.6 is 11.3 Å². The van der Waals surface area contributed by atoms with Gasteiger partial charge >= 0.3 is 0 Å². The zero-order chi connectivity index (χ0) is 9.54. The maximum absolute atomic E-state index is 9.72. The minimum atomic E-state index is -0.252. The predicted molar refractivity (Wildman–Crippen MR) is 54.4 cm³/mol. The molecule has 2 atom stereocenters. The van der Waals surface area contributed by atoms with E-state index >= 15 is 0 Å². The first-order valence-electron chi connectivity index (χ1n) is 4.68. The van der Waals surface area contributed by atoms with Crippen LogP contribution in [0, 0.1) is 0 Å². The Morgan fingerprint density at radius 1 is 1.64 bits per heavy atom. The average molecular weight is 209 g/mol. The highest BCUT2D eigenvalue weighted by molar-refractivity contribution is 7.17. The molecule has 0 spiro atoms. The zero-order valence-corrected chi connectivity index (χ0v) is 8.37. The van der Waals surface area contributed by atoms with E-state index in [2.05, 4.69) is 10.3 Å². The van der Waals surface area contributed by atoms with E-state index in [4.69, 9.17) is 0 Å². The van der Waals surface area contributed by atoms with Crippen LogP contribution in [0.25, 0.3) is 4.96 Å². The quantitative estimate of drug-likeness (QED) is 0.730. The molecule has 2 aromatic rings. The Kier molecular flexibility index (Phi) is 1.83. The van der Waals surface area contributed by atoms with Crippen molar-refractivity contribution in [3.63, 3.8) is 0 Å². The van der Waals surface area contributed by atoms with Crippen LogP contribution in [0.2, 0.25) is 0 Å². The fourth-order valence-electron chi connectivity index (χ4n) is 1.87. The number of aromatic nitrogens is 2. The third-order valence-corrected chi connectivity index (χ3v) is 3.70. The lowest BCUT2D eigenvalue weighted by atomic mass is 10.1. The first kappa shape index (κ1) is 8.40. The maximum atomic E-state index is 9.72. The summed E-state index contributed by atoms with van der Waals surface area (Å²) in [7, 11) is 0. The molecule has 2 aromatic heterocycles. The van der Waals surface area contributed by atoms with Crippen molar-refractivity contribution in [3.05, 3.63) is 23.5 Å². The predicted octanol–water partition coefficient (Wildman–Crippen LogP) is 0.791. The molecule has 1 aliphatic heterocycles. The van der Waals surface area contributed by atoms with Gasteiger partial charge in [0.15, 0.2) is 4.96 Å². The van der Waals surface area contributed by atoms with Crippen LogP contribution in [-0.2, 0) is 0 Å². The smallest absolute Gasteiger partial charge is 0.193 e. The normalized spacial score (nSPS) is 27.5. The molecule has 2 N–H and O–H groups in total. The number of thiazole rings is 1. The molecule has 14 heavy (non-hydrogen) atoms. The van der Waals surface area contributed by atoms with Crippen molar-refractivity contribution in [1.29, 1.82) is 0 Å². The Balaban J connectivity index is 2.01. The summed E-state index contributed by atoms with van der Waals surface area (Å²) < 4.78 is 1.99. The number of aliphatic hydroxyl groups is 1. The fraction of sp³-hybridized carbons (Fsp3) is 0.444. The van der Waals surface area contributed by atoms with Crippen molar-refractivity contribution < 1.29 is 5.11 Å². The van der Waals surface area contributed by atoms with Crippen LogP contribution in [0.4, 0.5) is 0 Å². The van der Waals surface area contributed by atoms with Gasteiger partial charge in [0.25, 0.3) is 0 Å². The number of imidazole rings is 1. The Morgan fingerprint density at radius 3 is 3.29 bits per heavy atom. The molecule has 0 amide bonds. The largest absolute Gasteiger partial charge is 0.391 e. The number of nitrogens with zero attached hydrogens (tertiary/aromatic N) is 2. The van der Waals surface area contributed by atoms with Crippen LogP contribution in [0.5, 0.6) is 0 Å². The van der Waals surface area contributed by atoms with Gasteiger partial charge in [-0.05, 0) is 13.0 Å². The van der Waals surface area contributed by atoms with Gasteiger partial charge in [-0.15, -0.1) is 0 Å². The maximum Gasteiger partial charge on any atom is 0.193 e. The van der Waals surface area contributed by atoms with Crippen LogP contribution in [0.1, 0.15) is 17.3 Å². The van der Waals surface area contributed by atoms with Crippen molar-refractivity contribution in [2.24, 2.45) is 0 Å². The van der Waals surface area contributed by atoms with Crippen LogP contribution in [0.3, 0.4) is 0 Å². The van der Waals surface area contributed by atoms with Gasteiger partial charge in [-0.3, -0.25) is 4.40 Å². The monoisotopic (exact) mass is 209 g/mol. The molecule has 3 rings (SSSR count). The minimum absolute atomic E-state index is 0.0988. The molecular weight excluding hydrogens is 198 g/mol. The van der Waals surface area contributed by atoms with Gasteiger partial charge in [0, 0.05) is 23.5 Å². The third-order valence-electron chi connectivity index (χ3n) is 2.60. The van der Waals surface area contributed by atoms with Crippen LogP contribution < -0.4 is 5.32 Å². The number of hydrogen-bond donors (Lipinski definition) is 2. The molecular formula is C9H11N3OS. The lowest BCUT2D eigenvalue weighted by Crippen LogP contribution is -2.19. The SMILES string of the molecule is OC1CCNC1c1cn2ccnc2s1. The van der Waals surface area contributed by atoms with E-state index in [-0.39, 0.29) is 12.1 Å². The van der Waals surface area contributed by atoms with Gasteiger partial charge < -0.3 is 10.4 Å². The molecule has 2 unspecified atom stereocenters. The molecule has 0 bridgehead atoms. The van der Waals surface area contributed by atoms with Gasteiger partial charge in [-0.1, -0.05) is 11.3 Å². The second kappa shape index (κ2) is 3.05. The van der Waals surface area contributed by atoms with Gasteiger partial charge in [0.05, 0.1) is 12.1 Å². The summed E-state index contributed by atoms with van der Waals surface area (Å²) in [6.45, 7) is 0.895. The number of rotatable bonds is 1. The Morgan fingerprint density at radius 2 is 2.57 bits per heavy atom. The van der Waals surface area contributed by atoms with E-state index in [0.717, 1.165) is 22.8 Å². The Labute approximate surface area is 85.2 Å². The zero-order valence-electron chi connectivity index (χ0n) is 7.55. The van der Waals surface area contributed by atoms with E-state index in [0.29, 0.717) is 0 Å². The molecule has 0 radical (unpaired) electrons. The van der Waals surface area contributed by atoms with Crippen molar-refractivity contribution in [1.82, 2.24) is 14.7 Å². The summed E-state index contributed by atoms with van der Waals surface area (Å²) >= 11 is 1.63. The highest BCUT2D eigenvalue weighted by Gasteiger charge is 2.27. The molecule has 1 fully saturated rings. The Bertz CT molecular complexity index is 421. The van der Waals surface area contributed by atoms with Crippen molar-refractivity contribution >= 4 is 16.3 Å². The van der Waals surface area contributed by atoms with E-state index in [1.165, 1.54) is 0 Å². The molecule has 0 saturated carbocycles. The Hall–Kier alpha value is -0.910. The molecule has 0 aliphatic carbocycles. The van der Waals surface area contributed by atoms with E-state index in [1.807, 2.05) is 16.8 Å². The number of hydrogen-bond acceptors (Lipinski definition) is 4. The summed E-state index contributed by atoms with van der Waals surface area (Å²) in [4.78, 5) is 6.36. The highest BCUT2D eigenvalue weighted by Crippen LogP contribution is 2.29. The molecule has 1 saturated heterocycles. The summed E-state index contributed by atoms with van der Waals surface area (Å²) in [6, 6.07) is 0.0988. The molecule has 5 heteroatoms. The van der Waals surface area contributed by atoms with Gasteiger partial charge in [-0.2, -0.15) is 0 Å². The number of nitrogens with one attached hydrogen (secondary N) is 1. The minimum Gasteiger partial charge on any atom is -0.391 e. The molecule has 0 aromatic carbocycles. The second-order valence-electron chi connectivity index (χ2n) is 3.54. The first-order valence-corrected chi connectivity index (χ1v) is 5.50. The third kappa shape index (κ3) is 1.17. The van der Waals surface area contributed by atoms with E-state index in [9.17, 15) is 5.11 Å². The summed E-state index contributed by atoms with van der Waals surface area (Å²) in [6.07, 6.45) is 6.34. The summed E-state index contributed by atoms with van der Waals surface area (Å²) in [5, 5.41) is 13.0. The fourth-order valence-corrected chi connectivity index (χ4v) is 2.95. The summed E-state index contributed by atoms with van der Waals surface area (Å²) in [5.41, 5.74) is 0. The molecule has 74 valence electrons. The molecule has 4 nitrogen and oxygen atoms in total. The van der Waals surface area contributed by atoms with Crippen molar-refractivity contribution in [2.75, 3.05) is 6.54 Å². The topological polar surface area (TPSA) is 49.6 Å². The van der Waals surface area contributed by atoms with Gasteiger partial charge in [0.1, 0.15) is 0 Å². The van der Waals surface area contributed by atoms with Crippen molar-refractivity contribution in [3.8, 4) is 0 Å². The van der Waals surface area contributed by atoms with E-state index < -0.39 is 0 Å². The lowest BCUT2D eigenvalue weighted by molar-refractivity contribution is 0.161.